The molecule has 0 aliphatic carbocycles. The average molecular weight is 340 g/mol. The third-order valence-corrected chi connectivity index (χ3v) is 5.67. The minimum Gasteiger partial charge on any atom is -0.460 e. The zero-order chi connectivity index (χ0) is 16.6. The summed E-state index contributed by atoms with van der Waals surface area (Å²) >= 11 is 0. The van der Waals surface area contributed by atoms with Crippen molar-refractivity contribution in [2.45, 2.75) is 25.9 Å². The first-order valence-corrected chi connectivity index (χ1v) is 9.54. The Morgan fingerprint density at radius 1 is 1.39 bits per heavy atom. The van der Waals surface area contributed by atoms with Crippen molar-refractivity contribution in [2.75, 3.05) is 19.3 Å². The lowest BCUT2D eigenvalue weighted by Crippen LogP contribution is -2.49. The Morgan fingerprint density at radius 3 is 2.87 bits per heavy atom. The van der Waals surface area contributed by atoms with Gasteiger partial charge in [-0.2, -0.15) is 0 Å². The van der Waals surface area contributed by atoms with E-state index in [0.717, 1.165) is 17.6 Å². The van der Waals surface area contributed by atoms with Crippen molar-refractivity contribution in [1.29, 1.82) is 0 Å². The number of piperidine rings is 1. The van der Waals surface area contributed by atoms with Gasteiger partial charge in [-0.15, -0.1) is 0 Å². The van der Waals surface area contributed by atoms with Crippen molar-refractivity contribution < 1.29 is 17.2 Å². The molecular weight excluding hydrogens is 319 g/mol. The smallest absolute Gasteiger partial charge is 0.211 e. The molecule has 2 heterocycles. The molecule has 126 valence electrons. The van der Waals surface area contributed by atoms with Gasteiger partial charge < -0.3 is 9.73 Å². The normalized spacial score (nSPS) is 23.4. The van der Waals surface area contributed by atoms with Crippen LogP contribution in [0.5, 0.6) is 0 Å². The molecule has 3 rings (SSSR count). The van der Waals surface area contributed by atoms with E-state index in [1.54, 1.807) is 6.07 Å². The molecule has 0 unspecified atom stereocenters. The van der Waals surface area contributed by atoms with Crippen LogP contribution in [0, 0.1) is 11.7 Å². The van der Waals surface area contributed by atoms with E-state index in [1.807, 2.05) is 13.0 Å². The van der Waals surface area contributed by atoms with Crippen molar-refractivity contribution in [2.24, 2.45) is 5.92 Å². The Labute approximate surface area is 135 Å². The number of furan rings is 1. The van der Waals surface area contributed by atoms with E-state index in [0.29, 0.717) is 25.2 Å². The summed E-state index contributed by atoms with van der Waals surface area (Å²) in [6.45, 7) is 3.65. The molecule has 0 amide bonds. The van der Waals surface area contributed by atoms with Gasteiger partial charge in [-0.3, -0.25) is 0 Å². The number of nitrogens with zero attached hydrogens (tertiary/aromatic N) is 1. The third-order valence-electron chi connectivity index (χ3n) is 4.40. The van der Waals surface area contributed by atoms with Crippen LogP contribution >= 0.6 is 0 Å². The summed E-state index contributed by atoms with van der Waals surface area (Å²) in [5.41, 5.74) is 0.670. The number of nitrogens with one attached hydrogen (secondary N) is 1. The molecule has 1 saturated heterocycles. The zero-order valence-electron chi connectivity index (χ0n) is 13.3. The fourth-order valence-electron chi connectivity index (χ4n) is 3.10. The molecule has 0 spiro atoms. The molecule has 2 aromatic rings. The SMILES string of the molecule is C[C@@H]1CN(S(C)(=O)=O)CC[C@@H]1NCc1cc2cc(F)ccc2o1. The maximum Gasteiger partial charge on any atom is 0.211 e. The van der Waals surface area contributed by atoms with Crippen molar-refractivity contribution in [3.05, 3.63) is 35.8 Å². The highest BCUT2D eigenvalue weighted by Crippen LogP contribution is 2.22. The number of benzene rings is 1. The van der Waals surface area contributed by atoms with E-state index in [9.17, 15) is 12.8 Å². The Balaban J connectivity index is 1.61. The topological polar surface area (TPSA) is 62.6 Å². The molecule has 1 fully saturated rings. The number of rotatable bonds is 4. The standard InChI is InChI=1S/C16H21FN2O3S/c1-11-10-19(23(2,20)21)6-5-15(11)18-9-14-8-12-7-13(17)3-4-16(12)22-14/h3-4,7-8,11,15,18H,5-6,9-10H2,1-2H3/t11-,15+/m1/s1. The monoisotopic (exact) mass is 340 g/mol. The number of hydrogen-bond donors (Lipinski definition) is 1. The van der Waals surface area contributed by atoms with E-state index < -0.39 is 10.0 Å². The summed E-state index contributed by atoms with van der Waals surface area (Å²) in [5, 5.41) is 4.18. The molecule has 1 aliphatic rings. The van der Waals surface area contributed by atoms with Crippen molar-refractivity contribution in [3.8, 4) is 0 Å². The zero-order valence-corrected chi connectivity index (χ0v) is 14.1. The van der Waals surface area contributed by atoms with Crippen LogP contribution in [-0.4, -0.2) is 38.1 Å². The van der Waals surface area contributed by atoms with Crippen molar-refractivity contribution in [1.82, 2.24) is 9.62 Å². The molecule has 0 bridgehead atoms. The van der Waals surface area contributed by atoms with Gasteiger partial charge in [-0.05, 0) is 36.6 Å². The highest BCUT2D eigenvalue weighted by Gasteiger charge is 2.30. The predicted octanol–water partition coefficient (Wildman–Crippen LogP) is 2.33. The summed E-state index contributed by atoms with van der Waals surface area (Å²) in [6, 6.07) is 6.53. The Hall–Kier alpha value is -1.44. The van der Waals surface area contributed by atoms with Gasteiger partial charge in [0, 0.05) is 24.5 Å². The van der Waals surface area contributed by atoms with Gasteiger partial charge in [-0.1, -0.05) is 6.92 Å². The van der Waals surface area contributed by atoms with Crippen LogP contribution in [0.15, 0.2) is 28.7 Å². The molecule has 7 heteroatoms. The fourth-order valence-corrected chi connectivity index (χ4v) is 4.04. The largest absolute Gasteiger partial charge is 0.460 e. The van der Waals surface area contributed by atoms with Crippen LogP contribution in [0.1, 0.15) is 19.1 Å². The molecule has 23 heavy (non-hydrogen) atoms. The molecule has 0 radical (unpaired) electrons. The molecule has 1 aromatic carbocycles. The van der Waals surface area contributed by atoms with Crippen LogP contribution in [0.4, 0.5) is 4.39 Å². The second-order valence-corrected chi connectivity index (χ2v) is 8.25. The van der Waals surface area contributed by atoms with Gasteiger partial charge in [0.15, 0.2) is 0 Å². The predicted molar refractivity (Wildman–Crippen MR) is 87.0 cm³/mol. The van der Waals surface area contributed by atoms with Gasteiger partial charge in [0.2, 0.25) is 10.0 Å². The van der Waals surface area contributed by atoms with E-state index in [1.165, 1.54) is 22.7 Å². The van der Waals surface area contributed by atoms with Crippen LogP contribution in [0.25, 0.3) is 11.0 Å². The second-order valence-electron chi connectivity index (χ2n) is 6.27. The summed E-state index contributed by atoms with van der Waals surface area (Å²) < 4.78 is 43.6. The lowest BCUT2D eigenvalue weighted by molar-refractivity contribution is 0.217. The maximum atomic E-state index is 13.2. The summed E-state index contributed by atoms with van der Waals surface area (Å²) in [7, 11) is -3.12. The maximum absolute atomic E-state index is 13.2. The molecule has 1 aromatic heterocycles. The quantitative estimate of drug-likeness (QED) is 0.928. The van der Waals surface area contributed by atoms with Gasteiger partial charge in [0.25, 0.3) is 0 Å². The average Bonchev–Trinajstić information content (AvgIpc) is 2.86. The first-order chi connectivity index (χ1) is 10.8. The van der Waals surface area contributed by atoms with Crippen LogP contribution in [0.3, 0.4) is 0 Å². The summed E-state index contributed by atoms with van der Waals surface area (Å²) in [6.07, 6.45) is 2.02. The Bertz CT molecular complexity index is 803. The van der Waals surface area contributed by atoms with Crippen LogP contribution in [0.2, 0.25) is 0 Å². The highest BCUT2D eigenvalue weighted by atomic mass is 32.2. The number of hydrogen-bond acceptors (Lipinski definition) is 4. The number of fused-ring (bicyclic) bond motifs is 1. The van der Waals surface area contributed by atoms with E-state index >= 15 is 0 Å². The van der Waals surface area contributed by atoms with Crippen molar-refractivity contribution >= 4 is 21.0 Å². The second kappa shape index (κ2) is 6.22. The molecule has 1 aliphatic heterocycles. The molecule has 5 nitrogen and oxygen atoms in total. The fraction of sp³-hybridized carbons (Fsp3) is 0.500. The Morgan fingerprint density at radius 2 is 2.17 bits per heavy atom. The third kappa shape index (κ3) is 3.73. The molecule has 0 saturated carbocycles. The lowest BCUT2D eigenvalue weighted by Gasteiger charge is -2.35. The van der Waals surface area contributed by atoms with Gasteiger partial charge in [0.1, 0.15) is 17.2 Å². The molecule has 2 atom stereocenters. The van der Waals surface area contributed by atoms with Gasteiger partial charge in [-0.25, -0.2) is 17.1 Å². The van der Waals surface area contributed by atoms with E-state index in [-0.39, 0.29) is 17.8 Å². The highest BCUT2D eigenvalue weighted by molar-refractivity contribution is 7.88. The minimum absolute atomic E-state index is 0.222. The summed E-state index contributed by atoms with van der Waals surface area (Å²) in [5.74, 6) is 0.697. The van der Waals surface area contributed by atoms with Crippen LogP contribution < -0.4 is 5.32 Å². The summed E-state index contributed by atoms with van der Waals surface area (Å²) in [4.78, 5) is 0. The van der Waals surface area contributed by atoms with Crippen LogP contribution in [-0.2, 0) is 16.6 Å². The van der Waals surface area contributed by atoms with Crippen molar-refractivity contribution in [3.63, 3.8) is 0 Å². The Kier molecular flexibility index (Phi) is 4.44. The molecular formula is C16H21FN2O3S. The molecule has 1 N–H and O–H groups in total. The lowest BCUT2D eigenvalue weighted by atomic mass is 9.95. The van der Waals surface area contributed by atoms with E-state index in [4.69, 9.17) is 4.42 Å². The van der Waals surface area contributed by atoms with Gasteiger partial charge >= 0.3 is 0 Å². The van der Waals surface area contributed by atoms with E-state index in [2.05, 4.69) is 5.32 Å². The van der Waals surface area contributed by atoms with Gasteiger partial charge in [0.05, 0.1) is 12.8 Å². The first-order valence-electron chi connectivity index (χ1n) is 7.69. The first kappa shape index (κ1) is 16.4. The number of halogens is 1. The number of sulfonamides is 1. The minimum atomic E-state index is -3.12.